The third-order valence-electron chi connectivity index (χ3n) is 23.9. The summed E-state index contributed by atoms with van der Waals surface area (Å²) in [6.07, 6.45) is 11.8. The van der Waals surface area contributed by atoms with E-state index in [1.165, 1.54) is 24.8 Å². The molecule has 0 aromatic heterocycles. The van der Waals surface area contributed by atoms with Crippen molar-refractivity contribution >= 4 is 12.4 Å². The van der Waals surface area contributed by atoms with Gasteiger partial charge in [-0.25, -0.2) is 26.3 Å². The van der Waals surface area contributed by atoms with Crippen molar-refractivity contribution in [3.8, 4) is 0 Å². The summed E-state index contributed by atoms with van der Waals surface area (Å²) in [7, 11) is 0. The molecule has 14 rings (SSSR count). The molecule has 4 aromatic rings. The second kappa shape index (κ2) is 49.3. The molecule has 6 N–H and O–H groups in total. The summed E-state index contributed by atoms with van der Waals surface area (Å²) in [4.78, 5) is 12.7. The van der Waals surface area contributed by atoms with Crippen molar-refractivity contribution in [3.05, 3.63) is 154 Å². The number of hydrogen-bond donors (Lipinski definition) is 4. The van der Waals surface area contributed by atoms with E-state index in [1.54, 1.807) is 0 Å². The van der Waals surface area contributed by atoms with Crippen LogP contribution in [0.25, 0.3) is 10.4 Å². The van der Waals surface area contributed by atoms with E-state index in [9.17, 15) is 31.4 Å². The predicted molar refractivity (Wildman–Crippen MR) is 426 cm³/mol. The van der Waals surface area contributed by atoms with Crippen LogP contribution < -0.4 is 11.5 Å². The third-order valence-corrected chi connectivity index (χ3v) is 23.9. The zero-order valence-electron chi connectivity index (χ0n) is 66.1. The van der Waals surface area contributed by atoms with Crippen molar-refractivity contribution in [1.82, 2.24) is 19.6 Å². The van der Waals surface area contributed by atoms with Crippen LogP contribution in [-0.2, 0) is 50.1 Å². The minimum absolute atomic E-state index is 0. The normalized spacial score (nSPS) is 33.5. The molecule has 0 spiro atoms. The van der Waals surface area contributed by atoms with Gasteiger partial charge < -0.3 is 45.4 Å². The fraction of sp³-hybridized carbons (Fsp3) is 0.721. The second-order valence-electron chi connectivity index (χ2n) is 32.2. The van der Waals surface area contributed by atoms with Crippen LogP contribution >= 0.6 is 12.4 Å². The van der Waals surface area contributed by atoms with Gasteiger partial charge in [-0.15, -0.1) is 12.4 Å². The largest absolute Gasteiger partial charge is 0.391 e. The maximum atomic E-state index is 13.8. The Morgan fingerprint density at radius 1 is 0.431 bits per heavy atom. The maximum Gasteiger partial charge on any atom is 0.128 e. The van der Waals surface area contributed by atoms with E-state index in [1.807, 2.05) is 104 Å². The first kappa shape index (κ1) is 91.7. The molecule has 3 saturated heterocycles. The Kier molecular flexibility index (Phi) is 41.5. The number of nitrogens with two attached hydrogens (primary N) is 2. The molecule has 10 aliphatic rings. The van der Waals surface area contributed by atoms with Gasteiger partial charge in [-0.3, -0.25) is 19.6 Å². The number of epoxide rings is 1. The van der Waals surface area contributed by atoms with Gasteiger partial charge in [0.1, 0.15) is 49.2 Å². The molecule has 0 bridgehead atoms. The molecule has 7 aliphatic carbocycles. The molecule has 3 heterocycles. The molecule has 21 atom stereocenters. The van der Waals surface area contributed by atoms with Gasteiger partial charge in [-0.05, 0) is 190 Å². The Hall–Kier alpha value is -4.46. The predicted octanol–water partition coefficient (Wildman–Crippen LogP) is 16.9. The number of rotatable bonds is 17. The lowest BCUT2D eigenvalue weighted by Crippen LogP contribution is -2.59. The van der Waals surface area contributed by atoms with Crippen molar-refractivity contribution in [2.75, 3.05) is 52.4 Å². The molecule has 3 aliphatic heterocycles. The molecule has 1 unspecified atom stereocenters. The Bertz CT molecular complexity index is 2950. The molecule has 614 valence electrons. The number of aliphatic hydroxyl groups is 2. The van der Waals surface area contributed by atoms with E-state index < -0.39 is 61.3 Å². The zero-order chi connectivity index (χ0) is 77.3. The Balaban J connectivity index is 0.000000178. The van der Waals surface area contributed by atoms with Crippen molar-refractivity contribution in [2.24, 2.45) is 28.4 Å². The van der Waals surface area contributed by atoms with Crippen LogP contribution in [0.5, 0.6) is 0 Å². The van der Waals surface area contributed by atoms with Gasteiger partial charge in [0.05, 0.1) is 81.2 Å². The van der Waals surface area contributed by atoms with E-state index in [2.05, 4.69) is 88.5 Å². The molecule has 4 aromatic carbocycles. The average Bonchev–Trinajstić information content (AvgIpc) is 1.30. The number of azide groups is 1. The highest BCUT2D eigenvalue weighted by Crippen LogP contribution is 2.39. The van der Waals surface area contributed by atoms with Crippen molar-refractivity contribution in [2.45, 2.75) is 331 Å². The number of piperazine rings is 2. The highest BCUT2D eigenvalue weighted by Gasteiger charge is 2.48. The van der Waals surface area contributed by atoms with Crippen LogP contribution in [0.3, 0.4) is 0 Å². The summed E-state index contributed by atoms with van der Waals surface area (Å²) in [5, 5.41) is 22.1. The first-order valence-electron chi connectivity index (χ1n) is 41.2. The zero-order valence-corrected chi connectivity index (χ0v) is 66.9. The summed E-state index contributed by atoms with van der Waals surface area (Å²) in [6.45, 7) is 24.1. The lowest BCUT2D eigenvalue weighted by Gasteiger charge is -2.45. The van der Waals surface area contributed by atoms with Gasteiger partial charge in [-0.1, -0.05) is 140 Å². The molecule has 7 saturated carbocycles. The number of hydrogen-bond acceptors (Lipinski definition) is 14. The molecule has 0 amide bonds. The van der Waals surface area contributed by atoms with Gasteiger partial charge >= 0.3 is 0 Å². The lowest BCUT2D eigenvalue weighted by molar-refractivity contribution is -0.0971. The van der Waals surface area contributed by atoms with Gasteiger partial charge in [0.2, 0.25) is 0 Å². The number of nitrogens with zero attached hydrogens (tertiary/aromatic N) is 7. The quantitative estimate of drug-likeness (QED) is 0.0256. The SMILES string of the molecule is CC(C)N1CCN([C@H]2CCC[C@H](F)[C@@H]2C)CC1.CC(C)N1CCN([C@H]2CCC[C@H](F)[C@@H]2N)CC1.C[C@H]1[C@@H](OCc2ccccc2)CCC[C@@H]1F.Cl.N[C@@H]1[C@@H](O)CCC[C@@H]1F.O[C@H]1[C@@H](OCc2ccccc2)CCC[C@@H]1F.[N-]=[N+]=N[C@@H]1[C@@H](OCc2ccccc2)CCC[C@@H]1F.c1ccc(CO[C@H]2CCCC3O[C@H]32)cc1. The number of fused-ring (bicyclic) bond motifs is 1. The smallest absolute Gasteiger partial charge is 0.128 e. The molecule has 23 heteroatoms. The molecular formula is C86H134ClF6N9O7. The fourth-order valence-corrected chi connectivity index (χ4v) is 16.6. The van der Waals surface area contributed by atoms with Crippen LogP contribution in [-0.4, -0.2) is 210 Å². The summed E-state index contributed by atoms with van der Waals surface area (Å²) in [6, 6.07) is 40.3. The number of benzene rings is 4. The summed E-state index contributed by atoms with van der Waals surface area (Å²) >= 11 is 0. The first-order chi connectivity index (χ1) is 52.2. The summed E-state index contributed by atoms with van der Waals surface area (Å²) in [5.41, 5.74) is 24.3. The van der Waals surface area contributed by atoms with Gasteiger partial charge in [-0.2, -0.15) is 0 Å². The maximum absolute atomic E-state index is 13.8. The van der Waals surface area contributed by atoms with Crippen molar-refractivity contribution in [3.63, 3.8) is 0 Å². The van der Waals surface area contributed by atoms with E-state index in [0.717, 1.165) is 153 Å². The average molecular weight is 1560 g/mol. The fourth-order valence-electron chi connectivity index (χ4n) is 16.6. The summed E-state index contributed by atoms with van der Waals surface area (Å²) in [5.74, 6) is 0.270. The first-order valence-corrected chi connectivity index (χ1v) is 41.2. The number of aliphatic hydroxyl groups excluding tert-OH is 2. The highest BCUT2D eigenvalue weighted by atomic mass is 35.5. The minimum Gasteiger partial charge on any atom is -0.391 e. The van der Waals surface area contributed by atoms with E-state index in [4.69, 9.17) is 45.8 Å². The minimum atomic E-state index is -1.13. The molecule has 0 radical (unpaired) electrons. The van der Waals surface area contributed by atoms with Crippen LogP contribution in [0.1, 0.15) is 199 Å². The Morgan fingerprint density at radius 2 is 0.789 bits per heavy atom. The van der Waals surface area contributed by atoms with Crippen molar-refractivity contribution in [1.29, 1.82) is 0 Å². The summed E-state index contributed by atoms with van der Waals surface area (Å²) < 4.78 is 109. The third kappa shape index (κ3) is 30.7. The number of halogens is 7. The van der Waals surface area contributed by atoms with E-state index >= 15 is 0 Å². The Morgan fingerprint density at radius 3 is 1.26 bits per heavy atom. The van der Waals surface area contributed by atoms with Crippen LogP contribution in [0.2, 0.25) is 0 Å². The molecule has 10 fully saturated rings. The highest BCUT2D eigenvalue weighted by molar-refractivity contribution is 5.85. The van der Waals surface area contributed by atoms with Gasteiger partial charge in [0.25, 0.3) is 0 Å². The van der Waals surface area contributed by atoms with E-state index in [0.29, 0.717) is 94.8 Å². The number of alkyl halides is 6. The van der Waals surface area contributed by atoms with Crippen LogP contribution in [0.4, 0.5) is 26.3 Å². The van der Waals surface area contributed by atoms with Crippen LogP contribution in [0, 0.1) is 11.8 Å². The van der Waals surface area contributed by atoms with Crippen molar-refractivity contribution < 1.29 is 60.2 Å². The molecular weight excluding hydrogens is 1420 g/mol. The van der Waals surface area contributed by atoms with Gasteiger partial charge in [0, 0.05) is 93.3 Å². The van der Waals surface area contributed by atoms with Gasteiger partial charge in [0.15, 0.2) is 0 Å². The molecule has 109 heavy (non-hydrogen) atoms. The topological polar surface area (TPSA) is 204 Å². The lowest BCUT2D eigenvalue weighted by atomic mass is 9.83. The molecule has 16 nitrogen and oxygen atoms in total. The Labute approximate surface area is 654 Å². The number of ether oxygens (including phenoxy) is 5. The second-order valence-corrected chi connectivity index (χ2v) is 32.2. The standard InChI is InChI=1S/C14H27FN2.C14H19FO.C13H16FN3O.C13H26FN3.C13H17FO2.C13H16O2.C6H12FNO.ClH/c1-11(2)16-7-9-17(10-8-16)14-6-4-5-13(15)12(14)3;1-11-13(15)8-5-9-14(11)16-10-12-6-3-2-4-7-12;14-11-7-4-8-12(13(11)16-17-15)18-9-10-5-2-1-3-6-10;1-10(2)16-6-8-17(9-7-16)12-5-3-4-11(14)13(12)15;14-11-7-4-8-12(13(11)15)16-9-10-5-2-1-3-6-10;1-2-5-10(6-3-1)9-14-11-7-4-8-12-13(11)15-12;7-4-2-1-3-5(9)6(4)8;/h11-14H,4-10H2,1-3H3;2-4,6-7,11,13-14H,5,8-10H2,1H3;1-3,5-6,11-13H,4,7-9H2;10-13H,3-9,15H2,1-2H3;1-3,5-6,11-13,15H,4,7-9H2;1-3,5-6,11-13H,4,7-9H2;4-6,9H,1-3,8H2;1H/t12-,13-,14-;11-,13+,14+;2*11-,12-,13-;11-,12-,13+;11-,12?,13-;4-,5-,6-;/m0100000./s1. The van der Waals surface area contributed by atoms with E-state index in [-0.39, 0.29) is 54.6 Å². The monoisotopic (exact) mass is 1550 g/mol. The van der Waals surface area contributed by atoms with Crippen LogP contribution in [0.15, 0.2) is 126 Å².